The van der Waals surface area contributed by atoms with Crippen molar-refractivity contribution in [2.75, 3.05) is 13.2 Å². The Balaban J connectivity index is 2.71. The number of benzene rings is 1. The van der Waals surface area contributed by atoms with E-state index in [2.05, 4.69) is 13.2 Å². The van der Waals surface area contributed by atoms with Crippen LogP contribution in [-0.4, -0.2) is 49.6 Å². The molecule has 0 N–H and O–H groups in total. The van der Waals surface area contributed by atoms with Crippen LogP contribution in [0.4, 0.5) is 0 Å². The molecular weight excluding hydrogens is 384 g/mol. The van der Waals surface area contributed by atoms with Gasteiger partial charge in [0.05, 0.1) is 36.5 Å². The second kappa shape index (κ2) is 13.7. The van der Waals surface area contributed by atoms with E-state index in [9.17, 15) is 9.59 Å². The maximum atomic E-state index is 12.6. The van der Waals surface area contributed by atoms with E-state index in [0.29, 0.717) is 26.1 Å². The van der Waals surface area contributed by atoms with Crippen LogP contribution in [0.15, 0.2) is 49.6 Å². The van der Waals surface area contributed by atoms with Crippen LogP contribution in [0.25, 0.3) is 0 Å². The van der Waals surface area contributed by atoms with Gasteiger partial charge in [-0.3, -0.25) is 0 Å². The Hall–Kier alpha value is -2.44. The van der Waals surface area contributed by atoms with Crippen molar-refractivity contribution in [2.45, 2.75) is 65.0 Å². The van der Waals surface area contributed by atoms with Crippen LogP contribution in [0.5, 0.6) is 0 Å². The van der Waals surface area contributed by atoms with Crippen LogP contribution in [0, 0.1) is 0 Å². The van der Waals surface area contributed by atoms with E-state index >= 15 is 0 Å². The van der Waals surface area contributed by atoms with Gasteiger partial charge in [-0.1, -0.05) is 24.3 Å². The third-order valence-corrected chi connectivity index (χ3v) is 4.31. The Morgan fingerprint density at radius 1 is 0.767 bits per heavy atom. The molecule has 0 aliphatic carbocycles. The summed E-state index contributed by atoms with van der Waals surface area (Å²) in [6.45, 7) is 15.5. The minimum atomic E-state index is -0.568. The zero-order valence-corrected chi connectivity index (χ0v) is 18.5. The molecule has 30 heavy (non-hydrogen) atoms. The third kappa shape index (κ3) is 9.37. The highest BCUT2D eigenvalue weighted by atomic mass is 16.6. The van der Waals surface area contributed by atoms with Gasteiger partial charge >= 0.3 is 11.9 Å². The van der Waals surface area contributed by atoms with Gasteiger partial charge in [-0.2, -0.15) is 0 Å². The highest BCUT2D eigenvalue weighted by Gasteiger charge is 2.23. The fraction of sp³-hybridized carbons (Fsp3) is 0.500. The number of hydrogen-bond acceptors (Lipinski definition) is 6. The minimum absolute atomic E-state index is 0.0860. The van der Waals surface area contributed by atoms with Crippen molar-refractivity contribution in [3.8, 4) is 0 Å². The first-order chi connectivity index (χ1) is 14.3. The number of rotatable bonds is 14. The summed E-state index contributed by atoms with van der Waals surface area (Å²) in [5.74, 6) is -1.14. The number of carbonyl (C=O) groups is 2. The van der Waals surface area contributed by atoms with Gasteiger partial charge < -0.3 is 18.9 Å². The molecule has 6 nitrogen and oxygen atoms in total. The van der Waals surface area contributed by atoms with Crippen LogP contribution < -0.4 is 0 Å². The molecule has 166 valence electrons. The molecule has 0 aliphatic heterocycles. The maximum absolute atomic E-state index is 12.6. The van der Waals surface area contributed by atoms with Gasteiger partial charge in [0.1, 0.15) is 12.2 Å². The largest absolute Gasteiger partial charge is 0.459 e. The Bertz CT molecular complexity index is 640. The molecule has 1 aromatic rings. The molecule has 4 atom stereocenters. The first-order valence-corrected chi connectivity index (χ1v) is 10.2. The quantitative estimate of drug-likeness (QED) is 0.321. The minimum Gasteiger partial charge on any atom is -0.459 e. The van der Waals surface area contributed by atoms with Gasteiger partial charge in [0.25, 0.3) is 0 Å². The summed E-state index contributed by atoms with van der Waals surface area (Å²) < 4.78 is 22.0. The van der Waals surface area contributed by atoms with Gasteiger partial charge in [-0.15, -0.1) is 13.2 Å². The Kier molecular flexibility index (Phi) is 11.7. The Labute approximate surface area is 179 Å². The highest BCUT2D eigenvalue weighted by Crippen LogP contribution is 2.17. The standard InChI is InChI=1S/C24H34O6/c1-7-13-27-17(3)15-19(5)29-23(25)21-11-9-10-12-22(21)24(26)30-20(6)16-18(4)28-14-8-2/h7-12,17-20H,1-2,13-16H2,3-6H3/t17-,18-,19-,20-/m1/s1. The summed E-state index contributed by atoms with van der Waals surface area (Å²) in [6, 6.07) is 6.48. The van der Waals surface area contributed by atoms with Gasteiger partial charge in [-0.25, -0.2) is 9.59 Å². The van der Waals surface area contributed by atoms with E-state index in [4.69, 9.17) is 18.9 Å². The molecule has 0 aliphatic rings. The van der Waals surface area contributed by atoms with E-state index in [1.165, 1.54) is 0 Å². The molecule has 1 rings (SSSR count). The van der Waals surface area contributed by atoms with Crippen molar-refractivity contribution in [2.24, 2.45) is 0 Å². The molecule has 0 unspecified atom stereocenters. The van der Waals surface area contributed by atoms with Crippen molar-refractivity contribution in [3.63, 3.8) is 0 Å². The zero-order valence-electron chi connectivity index (χ0n) is 18.5. The van der Waals surface area contributed by atoms with Gasteiger partial charge in [0, 0.05) is 12.8 Å². The summed E-state index contributed by atoms with van der Waals surface area (Å²) in [4.78, 5) is 25.3. The van der Waals surface area contributed by atoms with Crippen molar-refractivity contribution < 1.29 is 28.5 Å². The van der Waals surface area contributed by atoms with Crippen LogP contribution in [0.1, 0.15) is 61.3 Å². The number of ether oxygens (including phenoxy) is 4. The molecule has 0 saturated heterocycles. The number of hydrogen-bond donors (Lipinski definition) is 0. The SMILES string of the molecule is C=CCO[C@H](C)C[C@@H](C)OC(=O)c1ccccc1C(=O)O[C@H](C)C[C@@H](C)OCC=C. The van der Waals surface area contributed by atoms with Crippen molar-refractivity contribution in [1.29, 1.82) is 0 Å². The molecule has 0 aromatic heterocycles. The molecule has 0 heterocycles. The molecule has 0 fully saturated rings. The summed E-state index contributed by atoms with van der Waals surface area (Å²) >= 11 is 0. The molecular formula is C24H34O6. The van der Waals surface area contributed by atoms with Crippen molar-refractivity contribution in [1.82, 2.24) is 0 Å². The summed E-state index contributed by atoms with van der Waals surface area (Å²) in [7, 11) is 0. The van der Waals surface area contributed by atoms with Crippen LogP contribution in [0.3, 0.4) is 0 Å². The summed E-state index contributed by atoms with van der Waals surface area (Å²) in [5.41, 5.74) is 0.356. The normalized spacial score (nSPS) is 14.8. The van der Waals surface area contributed by atoms with E-state index in [1.807, 2.05) is 13.8 Å². The maximum Gasteiger partial charge on any atom is 0.339 e. The molecule has 0 saturated carbocycles. The first-order valence-electron chi connectivity index (χ1n) is 10.2. The molecule has 6 heteroatoms. The van der Waals surface area contributed by atoms with E-state index in [0.717, 1.165) is 0 Å². The Morgan fingerprint density at radius 2 is 1.13 bits per heavy atom. The van der Waals surface area contributed by atoms with E-state index in [1.54, 1.807) is 50.3 Å². The van der Waals surface area contributed by atoms with Crippen molar-refractivity contribution >= 4 is 11.9 Å². The second-order valence-corrected chi connectivity index (χ2v) is 7.31. The number of esters is 2. The predicted molar refractivity (Wildman–Crippen MR) is 117 cm³/mol. The fourth-order valence-corrected chi connectivity index (χ4v) is 2.96. The fourth-order valence-electron chi connectivity index (χ4n) is 2.96. The molecule has 0 amide bonds. The molecule has 0 bridgehead atoms. The van der Waals surface area contributed by atoms with Gasteiger partial charge in [0.2, 0.25) is 0 Å². The average Bonchev–Trinajstić information content (AvgIpc) is 2.70. The summed E-state index contributed by atoms with van der Waals surface area (Å²) in [6.07, 6.45) is 3.49. The zero-order chi connectivity index (χ0) is 22.5. The highest BCUT2D eigenvalue weighted by molar-refractivity contribution is 6.03. The predicted octanol–water partition coefficient (Wildman–Crippen LogP) is 4.74. The van der Waals surface area contributed by atoms with Crippen LogP contribution in [-0.2, 0) is 18.9 Å². The summed E-state index contributed by atoms with van der Waals surface area (Å²) in [5, 5.41) is 0. The first kappa shape index (κ1) is 25.6. The van der Waals surface area contributed by atoms with Crippen LogP contribution in [0.2, 0.25) is 0 Å². The monoisotopic (exact) mass is 418 g/mol. The van der Waals surface area contributed by atoms with Gasteiger partial charge in [0.15, 0.2) is 0 Å². The molecule has 1 aromatic carbocycles. The van der Waals surface area contributed by atoms with Crippen molar-refractivity contribution in [3.05, 3.63) is 60.7 Å². The third-order valence-electron chi connectivity index (χ3n) is 4.31. The van der Waals surface area contributed by atoms with Crippen LogP contribution >= 0.6 is 0 Å². The lowest BCUT2D eigenvalue weighted by Gasteiger charge is -2.20. The lowest BCUT2D eigenvalue weighted by Crippen LogP contribution is -2.25. The average molecular weight is 419 g/mol. The van der Waals surface area contributed by atoms with E-state index in [-0.39, 0.29) is 35.5 Å². The lowest BCUT2D eigenvalue weighted by molar-refractivity contribution is 0.00561. The topological polar surface area (TPSA) is 71.1 Å². The number of carbonyl (C=O) groups excluding carboxylic acids is 2. The van der Waals surface area contributed by atoms with E-state index < -0.39 is 11.9 Å². The lowest BCUT2D eigenvalue weighted by atomic mass is 10.1. The Morgan fingerprint density at radius 3 is 1.47 bits per heavy atom. The van der Waals surface area contributed by atoms with Gasteiger partial charge in [-0.05, 0) is 39.8 Å². The molecule has 0 spiro atoms. The second-order valence-electron chi connectivity index (χ2n) is 7.31. The molecule has 0 radical (unpaired) electrons. The smallest absolute Gasteiger partial charge is 0.339 e.